The lowest BCUT2D eigenvalue weighted by molar-refractivity contribution is -0.141. The van der Waals surface area contributed by atoms with Crippen LogP contribution in [0.4, 0.5) is 0 Å². The van der Waals surface area contributed by atoms with Crippen molar-refractivity contribution in [1.29, 1.82) is 0 Å². The number of hydrogen-bond donors (Lipinski definition) is 2. The summed E-state index contributed by atoms with van der Waals surface area (Å²) in [6.07, 6.45) is 0.897. The zero-order valence-corrected chi connectivity index (χ0v) is 14.9. The number of rotatable bonds is 6. The molecule has 1 unspecified atom stereocenters. The van der Waals surface area contributed by atoms with Gasteiger partial charge < -0.3 is 19.9 Å². The summed E-state index contributed by atoms with van der Waals surface area (Å²) in [5.41, 5.74) is 2.25. The average Bonchev–Trinajstić information content (AvgIpc) is 3.07. The van der Waals surface area contributed by atoms with Crippen molar-refractivity contribution >= 4 is 23.5 Å². The molecular weight excluding hydrogens is 358 g/mol. The van der Waals surface area contributed by atoms with Crippen LogP contribution in [-0.2, 0) is 22.4 Å². The first-order valence-corrected chi connectivity index (χ1v) is 8.46. The van der Waals surface area contributed by atoms with E-state index in [0.717, 1.165) is 23.3 Å². The van der Waals surface area contributed by atoms with Gasteiger partial charge in [-0.2, -0.15) is 0 Å². The van der Waals surface area contributed by atoms with Crippen LogP contribution in [0.1, 0.15) is 22.7 Å². The Kier molecular flexibility index (Phi) is 5.32. The Balaban J connectivity index is 1.72. The number of aliphatic carboxylic acids is 1. The van der Waals surface area contributed by atoms with Crippen LogP contribution in [0.15, 0.2) is 36.4 Å². The molecule has 0 aromatic heterocycles. The Bertz CT molecular complexity index is 852. The largest absolute Gasteiger partial charge is 0.495 e. The molecular formula is C19H18ClNO5. The van der Waals surface area contributed by atoms with Gasteiger partial charge in [0.25, 0.3) is 0 Å². The molecule has 0 saturated carbocycles. The zero-order chi connectivity index (χ0) is 18.7. The van der Waals surface area contributed by atoms with E-state index in [1.807, 2.05) is 18.2 Å². The lowest BCUT2D eigenvalue weighted by atomic mass is 10.0. The van der Waals surface area contributed by atoms with E-state index in [4.69, 9.17) is 21.1 Å². The molecule has 0 bridgehead atoms. The van der Waals surface area contributed by atoms with Gasteiger partial charge in [0.15, 0.2) is 6.04 Å². The van der Waals surface area contributed by atoms with Crippen molar-refractivity contribution in [2.45, 2.75) is 18.9 Å². The van der Waals surface area contributed by atoms with Gasteiger partial charge in [-0.15, -0.1) is 0 Å². The van der Waals surface area contributed by atoms with Crippen molar-refractivity contribution < 1.29 is 24.2 Å². The SMILES string of the molecule is COc1ccc(C(NC(=O)Cc2ccc3c(c2)CCO3)C(=O)O)cc1Cl. The van der Waals surface area contributed by atoms with Crippen LogP contribution in [0.2, 0.25) is 5.02 Å². The fraction of sp³-hybridized carbons (Fsp3) is 0.263. The van der Waals surface area contributed by atoms with Gasteiger partial charge in [-0.25, -0.2) is 4.79 Å². The van der Waals surface area contributed by atoms with Gasteiger partial charge in [-0.05, 0) is 34.9 Å². The van der Waals surface area contributed by atoms with E-state index < -0.39 is 12.0 Å². The first kappa shape index (κ1) is 18.1. The molecule has 0 radical (unpaired) electrons. The fourth-order valence-corrected chi connectivity index (χ4v) is 3.16. The molecule has 6 nitrogen and oxygen atoms in total. The van der Waals surface area contributed by atoms with Gasteiger partial charge in [-0.3, -0.25) is 4.79 Å². The number of carboxylic acids is 1. The Labute approximate surface area is 155 Å². The van der Waals surface area contributed by atoms with Crippen LogP contribution >= 0.6 is 11.6 Å². The highest BCUT2D eigenvalue weighted by Gasteiger charge is 2.23. The molecule has 3 rings (SSSR count). The van der Waals surface area contributed by atoms with Gasteiger partial charge in [-0.1, -0.05) is 29.8 Å². The maximum absolute atomic E-state index is 12.3. The average molecular weight is 376 g/mol. The number of carbonyl (C=O) groups excluding carboxylic acids is 1. The van der Waals surface area contributed by atoms with E-state index in [-0.39, 0.29) is 17.4 Å². The molecule has 0 fully saturated rings. The summed E-state index contributed by atoms with van der Waals surface area (Å²) in [6.45, 7) is 0.643. The van der Waals surface area contributed by atoms with Gasteiger partial charge in [0.2, 0.25) is 5.91 Å². The summed E-state index contributed by atoms with van der Waals surface area (Å²) in [5.74, 6) is -0.276. The number of fused-ring (bicyclic) bond motifs is 1. The highest BCUT2D eigenvalue weighted by Crippen LogP contribution is 2.28. The summed E-state index contributed by atoms with van der Waals surface area (Å²) >= 11 is 6.06. The number of carboxylic acid groups (broad SMARTS) is 1. The van der Waals surface area contributed by atoms with Crippen molar-refractivity contribution in [2.75, 3.05) is 13.7 Å². The zero-order valence-electron chi connectivity index (χ0n) is 14.1. The van der Waals surface area contributed by atoms with Crippen molar-refractivity contribution in [3.8, 4) is 11.5 Å². The third-order valence-electron chi connectivity index (χ3n) is 4.18. The highest BCUT2D eigenvalue weighted by molar-refractivity contribution is 6.32. The molecule has 2 aromatic carbocycles. The number of hydrogen-bond acceptors (Lipinski definition) is 4. The van der Waals surface area contributed by atoms with Crippen LogP contribution in [-0.4, -0.2) is 30.7 Å². The molecule has 1 atom stereocenters. The smallest absolute Gasteiger partial charge is 0.330 e. The predicted molar refractivity (Wildman–Crippen MR) is 95.9 cm³/mol. The third-order valence-corrected chi connectivity index (χ3v) is 4.48. The van der Waals surface area contributed by atoms with Crippen LogP contribution in [0.3, 0.4) is 0 Å². The predicted octanol–water partition coefficient (Wildman–Crippen LogP) is 2.77. The van der Waals surface area contributed by atoms with Crippen LogP contribution in [0.5, 0.6) is 11.5 Å². The van der Waals surface area contributed by atoms with E-state index in [1.54, 1.807) is 12.1 Å². The molecule has 1 aliphatic rings. The minimum Gasteiger partial charge on any atom is -0.495 e. The molecule has 2 N–H and O–H groups in total. The number of halogens is 1. The van der Waals surface area contributed by atoms with Crippen LogP contribution in [0.25, 0.3) is 0 Å². The molecule has 2 aromatic rings. The van der Waals surface area contributed by atoms with Crippen molar-refractivity contribution in [2.24, 2.45) is 0 Å². The molecule has 1 amide bonds. The maximum Gasteiger partial charge on any atom is 0.330 e. The molecule has 26 heavy (non-hydrogen) atoms. The molecule has 0 saturated heterocycles. The summed E-state index contributed by atoms with van der Waals surface area (Å²) in [6, 6.07) is 8.99. The monoisotopic (exact) mass is 375 g/mol. The molecule has 1 heterocycles. The number of methoxy groups -OCH3 is 1. The van der Waals surface area contributed by atoms with Crippen molar-refractivity contribution in [3.63, 3.8) is 0 Å². The van der Waals surface area contributed by atoms with E-state index in [2.05, 4.69) is 5.32 Å². The number of carbonyl (C=O) groups is 2. The second-order valence-corrected chi connectivity index (χ2v) is 6.36. The van der Waals surface area contributed by atoms with Crippen LogP contribution < -0.4 is 14.8 Å². The third kappa shape index (κ3) is 3.91. The maximum atomic E-state index is 12.3. The quantitative estimate of drug-likeness (QED) is 0.811. The topological polar surface area (TPSA) is 84.9 Å². The molecule has 0 aliphatic carbocycles. The molecule has 1 aliphatic heterocycles. The summed E-state index contributed by atoms with van der Waals surface area (Å²) in [5, 5.41) is 12.3. The normalized spacial score (nSPS) is 13.5. The number of nitrogens with one attached hydrogen (secondary N) is 1. The van der Waals surface area contributed by atoms with Crippen molar-refractivity contribution in [1.82, 2.24) is 5.32 Å². The van der Waals surface area contributed by atoms with E-state index in [0.29, 0.717) is 17.9 Å². The first-order valence-electron chi connectivity index (χ1n) is 8.08. The first-order chi connectivity index (χ1) is 12.5. The lowest BCUT2D eigenvalue weighted by Gasteiger charge is -2.16. The molecule has 0 spiro atoms. The van der Waals surface area contributed by atoms with E-state index in [9.17, 15) is 14.7 Å². The standard InChI is InChI=1S/C19H18ClNO5/c1-25-16-5-3-13(10-14(16)20)18(19(23)24)21-17(22)9-11-2-4-15-12(8-11)6-7-26-15/h2-5,8,10,18H,6-7,9H2,1H3,(H,21,22)(H,23,24). The second kappa shape index (κ2) is 7.66. The Morgan fingerprint density at radius 2 is 2.12 bits per heavy atom. The highest BCUT2D eigenvalue weighted by atomic mass is 35.5. The summed E-state index contributed by atoms with van der Waals surface area (Å²) in [7, 11) is 1.47. The number of amides is 1. The molecule has 136 valence electrons. The fourth-order valence-electron chi connectivity index (χ4n) is 2.90. The van der Waals surface area contributed by atoms with E-state index >= 15 is 0 Å². The summed E-state index contributed by atoms with van der Waals surface area (Å²) < 4.78 is 10.5. The Hall–Kier alpha value is -2.73. The second-order valence-electron chi connectivity index (χ2n) is 5.95. The minimum absolute atomic E-state index is 0.0843. The van der Waals surface area contributed by atoms with Gasteiger partial charge in [0.05, 0.1) is 25.2 Å². The Morgan fingerprint density at radius 3 is 2.81 bits per heavy atom. The van der Waals surface area contributed by atoms with Crippen LogP contribution in [0, 0.1) is 0 Å². The minimum atomic E-state index is -1.19. The van der Waals surface area contributed by atoms with E-state index in [1.165, 1.54) is 13.2 Å². The lowest BCUT2D eigenvalue weighted by Crippen LogP contribution is -2.34. The number of benzene rings is 2. The summed E-state index contributed by atoms with van der Waals surface area (Å²) in [4.78, 5) is 23.9. The van der Waals surface area contributed by atoms with Gasteiger partial charge in [0.1, 0.15) is 11.5 Å². The molecule has 7 heteroatoms. The Morgan fingerprint density at radius 1 is 1.31 bits per heavy atom. The number of ether oxygens (including phenoxy) is 2. The van der Waals surface area contributed by atoms with Gasteiger partial charge in [0, 0.05) is 6.42 Å². The van der Waals surface area contributed by atoms with Crippen molar-refractivity contribution in [3.05, 3.63) is 58.1 Å². The van der Waals surface area contributed by atoms with Gasteiger partial charge >= 0.3 is 5.97 Å².